The van der Waals surface area contributed by atoms with Crippen LogP contribution in [0.3, 0.4) is 0 Å². The zero-order chi connectivity index (χ0) is 22.8. The summed E-state index contributed by atoms with van der Waals surface area (Å²) in [5, 5.41) is 0. The zero-order valence-corrected chi connectivity index (χ0v) is 19.2. The Bertz CT molecular complexity index is 808. The molecule has 0 N–H and O–H groups in total. The van der Waals surface area contributed by atoms with E-state index in [9.17, 15) is 4.79 Å². The van der Waals surface area contributed by atoms with E-state index in [-0.39, 0.29) is 24.6 Å². The van der Waals surface area contributed by atoms with Crippen LogP contribution in [0.25, 0.3) is 0 Å². The molecule has 6 heteroatoms. The quantitative estimate of drug-likeness (QED) is 0.446. The van der Waals surface area contributed by atoms with Crippen molar-refractivity contribution in [2.24, 2.45) is 0 Å². The third-order valence-corrected chi connectivity index (χ3v) is 5.29. The third-order valence-electron chi connectivity index (χ3n) is 5.29. The predicted octanol–water partition coefficient (Wildman–Crippen LogP) is 4.65. The van der Waals surface area contributed by atoms with Crippen LogP contribution in [0.4, 0.5) is 0 Å². The lowest BCUT2D eigenvalue weighted by Crippen LogP contribution is -2.43. The van der Waals surface area contributed by atoms with Gasteiger partial charge in [-0.25, -0.2) is 0 Å². The van der Waals surface area contributed by atoms with Crippen LogP contribution in [-0.4, -0.2) is 43.3 Å². The Morgan fingerprint density at radius 2 is 1.59 bits per heavy atom. The van der Waals surface area contributed by atoms with E-state index in [1.807, 2.05) is 74.5 Å². The molecule has 2 aromatic rings. The Morgan fingerprint density at radius 3 is 2.12 bits per heavy atom. The van der Waals surface area contributed by atoms with E-state index < -0.39 is 11.9 Å². The molecule has 1 saturated heterocycles. The minimum absolute atomic E-state index is 0.244. The molecule has 1 aliphatic heterocycles. The first kappa shape index (κ1) is 24.4. The Hall–Kier alpha value is -2.25. The fraction of sp³-hybridized carbons (Fsp3) is 0.500. The van der Waals surface area contributed by atoms with Gasteiger partial charge < -0.3 is 23.7 Å². The van der Waals surface area contributed by atoms with Gasteiger partial charge in [0.2, 0.25) is 0 Å². The summed E-state index contributed by atoms with van der Waals surface area (Å²) in [4.78, 5) is 12.1. The minimum atomic E-state index is -0.690. The van der Waals surface area contributed by atoms with Crippen molar-refractivity contribution in [2.45, 2.75) is 70.9 Å². The van der Waals surface area contributed by atoms with E-state index in [0.29, 0.717) is 32.8 Å². The smallest absolute Gasteiger partial charge is 0.305 e. The van der Waals surface area contributed by atoms with Crippen LogP contribution < -0.4 is 0 Å². The fourth-order valence-corrected chi connectivity index (χ4v) is 3.71. The highest BCUT2D eigenvalue weighted by atomic mass is 16.8. The van der Waals surface area contributed by atoms with Gasteiger partial charge >= 0.3 is 5.97 Å². The molecule has 0 amide bonds. The summed E-state index contributed by atoms with van der Waals surface area (Å²) in [6, 6.07) is 19.9. The molecular formula is C26H34O6. The second kappa shape index (κ2) is 12.1. The van der Waals surface area contributed by atoms with Gasteiger partial charge in [0.25, 0.3) is 0 Å². The average molecular weight is 443 g/mol. The van der Waals surface area contributed by atoms with Gasteiger partial charge in [-0.3, -0.25) is 4.79 Å². The van der Waals surface area contributed by atoms with Crippen molar-refractivity contribution >= 4 is 5.97 Å². The molecule has 0 spiro atoms. The molecule has 3 rings (SSSR count). The lowest BCUT2D eigenvalue weighted by atomic mass is 10.0. The van der Waals surface area contributed by atoms with Crippen molar-refractivity contribution in [1.82, 2.24) is 0 Å². The number of carbonyl (C=O) groups is 1. The van der Waals surface area contributed by atoms with Gasteiger partial charge in [0.05, 0.1) is 32.5 Å². The summed E-state index contributed by atoms with van der Waals surface area (Å²) in [7, 11) is 0. The molecule has 1 heterocycles. The number of carbonyl (C=O) groups excluding carboxylic acids is 1. The zero-order valence-electron chi connectivity index (χ0n) is 19.2. The summed E-state index contributed by atoms with van der Waals surface area (Å²) in [6.07, 6.45) is -0.376. The van der Waals surface area contributed by atoms with Crippen LogP contribution in [0, 0.1) is 0 Å². The predicted molar refractivity (Wildman–Crippen MR) is 121 cm³/mol. The molecule has 3 atom stereocenters. The van der Waals surface area contributed by atoms with Crippen LogP contribution in [0.5, 0.6) is 0 Å². The number of rotatable bonds is 12. The lowest BCUT2D eigenvalue weighted by molar-refractivity contribution is -0.181. The van der Waals surface area contributed by atoms with Gasteiger partial charge in [-0.05, 0) is 38.3 Å². The maximum atomic E-state index is 12.1. The highest BCUT2D eigenvalue weighted by molar-refractivity contribution is 5.69. The van der Waals surface area contributed by atoms with E-state index in [0.717, 1.165) is 11.1 Å². The molecule has 2 aromatic carbocycles. The van der Waals surface area contributed by atoms with Gasteiger partial charge in [0.1, 0.15) is 12.2 Å². The molecule has 0 aliphatic carbocycles. The first-order valence-electron chi connectivity index (χ1n) is 11.3. The van der Waals surface area contributed by atoms with Crippen LogP contribution in [0.1, 0.15) is 44.7 Å². The van der Waals surface area contributed by atoms with Gasteiger partial charge in [0, 0.05) is 6.42 Å². The maximum absolute atomic E-state index is 12.1. The Morgan fingerprint density at radius 1 is 1.00 bits per heavy atom. The first-order valence-corrected chi connectivity index (χ1v) is 11.3. The third kappa shape index (κ3) is 7.71. The van der Waals surface area contributed by atoms with Crippen LogP contribution in [-0.2, 0) is 41.7 Å². The van der Waals surface area contributed by atoms with Crippen molar-refractivity contribution in [1.29, 1.82) is 0 Å². The molecule has 6 nitrogen and oxygen atoms in total. The molecular weight excluding hydrogens is 408 g/mol. The van der Waals surface area contributed by atoms with Crippen molar-refractivity contribution in [3.05, 3.63) is 71.8 Å². The summed E-state index contributed by atoms with van der Waals surface area (Å²) in [5.41, 5.74) is 2.11. The molecule has 174 valence electrons. The summed E-state index contributed by atoms with van der Waals surface area (Å²) in [5.74, 6) is -0.934. The Kier molecular flexibility index (Phi) is 9.23. The topological polar surface area (TPSA) is 63.2 Å². The number of hydrogen-bond acceptors (Lipinski definition) is 6. The number of benzene rings is 2. The van der Waals surface area contributed by atoms with Crippen molar-refractivity contribution in [2.75, 3.05) is 13.2 Å². The highest BCUT2D eigenvalue weighted by Crippen LogP contribution is 2.29. The summed E-state index contributed by atoms with van der Waals surface area (Å²) >= 11 is 0. The van der Waals surface area contributed by atoms with Gasteiger partial charge in [-0.15, -0.1) is 0 Å². The van der Waals surface area contributed by atoms with E-state index >= 15 is 0 Å². The van der Waals surface area contributed by atoms with E-state index in [2.05, 4.69) is 0 Å². The van der Waals surface area contributed by atoms with Gasteiger partial charge in [-0.2, -0.15) is 0 Å². The van der Waals surface area contributed by atoms with E-state index in [4.69, 9.17) is 23.7 Å². The Balaban J connectivity index is 1.75. The monoisotopic (exact) mass is 442 g/mol. The van der Waals surface area contributed by atoms with Crippen LogP contribution >= 0.6 is 0 Å². The van der Waals surface area contributed by atoms with Gasteiger partial charge in [-0.1, -0.05) is 60.7 Å². The standard InChI is InChI=1S/C26H34O6/c1-4-28-24(27)16-15-22(29-17-20-11-7-5-8-12-20)25(23-19-31-26(2,3)32-23)30-18-21-13-9-6-10-14-21/h5-14,22-23,25H,4,15-19H2,1-3H3/t22-,23-,25-/m1/s1. The lowest BCUT2D eigenvalue weighted by Gasteiger charge is -2.31. The van der Waals surface area contributed by atoms with E-state index in [1.165, 1.54) is 0 Å². The molecule has 32 heavy (non-hydrogen) atoms. The summed E-state index contributed by atoms with van der Waals surface area (Å²) in [6.45, 7) is 7.16. The second-order valence-corrected chi connectivity index (χ2v) is 8.31. The second-order valence-electron chi connectivity index (χ2n) is 8.31. The normalized spacial score (nSPS) is 19.4. The van der Waals surface area contributed by atoms with E-state index in [1.54, 1.807) is 6.92 Å². The average Bonchev–Trinajstić information content (AvgIpc) is 3.16. The molecule has 0 bridgehead atoms. The highest BCUT2D eigenvalue weighted by Gasteiger charge is 2.42. The molecule has 1 fully saturated rings. The number of hydrogen-bond donors (Lipinski definition) is 0. The largest absolute Gasteiger partial charge is 0.466 e. The van der Waals surface area contributed by atoms with Crippen molar-refractivity contribution in [3.8, 4) is 0 Å². The molecule has 0 radical (unpaired) electrons. The van der Waals surface area contributed by atoms with Crippen molar-refractivity contribution < 1.29 is 28.5 Å². The molecule has 0 saturated carbocycles. The molecule has 1 aliphatic rings. The number of ether oxygens (including phenoxy) is 5. The summed E-state index contributed by atoms with van der Waals surface area (Å²) < 4.78 is 29.8. The van der Waals surface area contributed by atoms with Crippen molar-refractivity contribution in [3.63, 3.8) is 0 Å². The molecule has 0 aromatic heterocycles. The van der Waals surface area contributed by atoms with Crippen LogP contribution in [0.2, 0.25) is 0 Å². The minimum Gasteiger partial charge on any atom is -0.466 e. The number of esters is 1. The fourth-order valence-electron chi connectivity index (χ4n) is 3.71. The first-order chi connectivity index (χ1) is 15.5. The Labute approximate surface area is 190 Å². The maximum Gasteiger partial charge on any atom is 0.305 e. The van der Waals surface area contributed by atoms with Gasteiger partial charge in [0.15, 0.2) is 5.79 Å². The SMILES string of the molecule is CCOC(=O)CC[C@@H](OCc1ccccc1)[C@@H](OCc1ccccc1)[C@H]1COC(C)(C)O1. The van der Waals surface area contributed by atoms with Crippen LogP contribution in [0.15, 0.2) is 60.7 Å². The molecule has 0 unspecified atom stereocenters.